The van der Waals surface area contributed by atoms with E-state index in [9.17, 15) is 0 Å². The molecule has 40 heavy (non-hydrogen) atoms. The average molecular weight is 537 g/mol. The van der Waals surface area contributed by atoms with Crippen molar-refractivity contribution in [3.8, 4) is 0 Å². The minimum atomic E-state index is -0.518. The molecule has 5 heteroatoms. The molecule has 206 valence electrons. The lowest BCUT2D eigenvalue weighted by Crippen LogP contribution is -2.56. The first-order chi connectivity index (χ1) is 19.8. The van der Waals surface area contributed by atoms with Gasteiger partial charge in [-0.1, -0.05) is 128 Å². The van der Waals surface area contributed by atoms with Gasteiger partial charge in [-0.15, -0.1) is 0 Å². The van der Waals surface area contributed by atoms with E-state index in [1.54, 1.807) is 0 Å². The van der Waals surface area contributed by atoms with E-state index in [0.717, 1.165) is 22.3 Å². The van der Waals surface area contributed by atoms with E-state index >= 15 is 0 Å². The molecule has 0 radical (unpaired) electrons. The number of hydrogen-bond donors (Lipinski definition) is 0. The molecule has 4 aromatic carbocycles. The third-order valence-corrected chi connectivity index (χ3v) is 6.85. The maximum Gasteiger partial charge on any atom is 0.150 e. The van der Waals surface area contributed by atoms with Gasteiger partial charge in [-0.05, 0) is 22.3 Å². The maximum atomic E-state index is 6.59. The summed E-state index contributed by atoms with van der Waals surface area (Å²) in [5, 5.41) is 0. The monoisotopic (exact) mass is 536 g/mol. The van der Waals surface area contributed by atoms with Crippen molar-refractivity contribution in [3.05, 3.63) is 156 Å². The second-order valence-electron chi connectivity index (χ2n) is 9.86. The Hall–Kier alpha value is -3.74. The van der Waals surface area contributed by atoms with Gasteiger partial charge in [0.1, 0.15) is 24.1 Å². The van der Waals surface area contributed by atoms with Gasteiger partial charge >= 0.3 is 0 Å². The molecular formula is C35H36O5. The molecule has 5 rings (SSSR count). The molecule has 5 nitrogen and oxygen atoms in total. The Morgan fingerprint density at radius 1 is 0.500 bits per heavy atom. The predicted octanol–water partition coefficient (Wildman–Crippen LogP) is 6.87. The van der Waals surface area contributed by atoms with Gasteiger partial charge in [-0.3, -0.25) is 0 Å². The number of ether oxygens (including phenoxy) is 5. The molecule has 0 amide bonds. The lowest BCUT2D eigenvalue weighted by atomic mass is 9.97. The lowest BCUT2D eigenvalue weighted by Gasteiger charge is -2.43. The molecule has 1 fully saturated rings. The van der Waals surface area contributed by atoms with Crippen LogP contribution in [0, 0.1) is 0 Å². The van der Waals surface area contributed by atoms with Gasteiger partial charge in [0, 0.05) is 0 Å². The van der Waals surface area contributed by atoms with E-state index in [1.165, 1.54) is 0 Å². The summed E-state index contributed by atoms with van der Waals surface area (Å²) in [5.41, 5.74) is 4.30. The van der Waals surface area contributed by atoms with Crippen molar-refractivity contribution < 1.29 is 23.7 Å². The van der Waals surface area contributed by atoms with Gasteiger partial charge < -0.3 is 23.7 Å². The van der Waals surface area contributed by atoms with E-state index in [0.29, 0.717) is 38.8 Å². The van der Waals surface area contributed by atoms with Crippen molar-refractivity contribution in [2.45, 2.75) is 50.8 Å². The van der Waals surface area contributed by atoms with Gasteiger partial charge in [0.2, 0.25) is 0 Å². The molecule has 1 aliphatic rings. The zero-order chi connectivity index (χ0) is 27.4. The van der Waals surface area contributed by atoms with Crippen molar-refractivity contribution in [2.24, 2.45) is 0 Å². The Balaban J connectivity index is 1.36. The minimum Gasteiger partial charge on any atom is -0.487 e. The third kappa shape index (κ3) is 7.90. The molecule has 0 aliphatic carbocycles. The topological polar surface area (TPSA) is 46.2 Å². The number of rotatable bonds is 13. The van der Waals surface area contributed by atoms with Gasteiger partial charge in [0.25, 0.3) is 0 Å². The fourth-order valence-electron chi connectivity index (χ4n) is 4.76. The van der Waals surface area contributed by atoms with Crippen LogP contribution < -0.4 is 0 Å². The molecule has 0 N–H and O–H groups in total. The van der Waals surface area contributed by atoms with Crippen molar-refractivity contribution in [2.75, 3.05) is 6.61 Å². The molecule has 4 atom stereocenters. The van der Waals surface area contributed by atoms with Crippen LogP contribution in [-0.2, 0) is 50.1 Å². The average Bonchev–Trinajstić information content (AvgIpc) is 3.01. The van der Waals surface area contributed by atoms with E-state index < -0.39 is 24.4 Å². The summed E-state index contributed by atoms with van der Waals surface area (Å²) in [7, 11) is 0. The van der Waals surface area contributed by atoms with Crippen molar-refractivity contribution in [1.82, 2.24) is 0 Å². The van der Waals surface area contributed by atoms with Crippen LogP contribution in [-0.4, -0.2) is 31.0 Å². The maximum absolute atomic E-state index is 6.59. The zero-order valence-corrected chi connectivity index (χ0v) is 22.6. The Labute approximate surface area is 236 Å². The summed E-state index contributed by atoms with van der Waals surface area (Å²) in [6, 6.07) is 40.4. The Morgan fingerprint density at radius 2 is 0.900 bits per heavy atom. The molecule has 0 aromatic heterocycles. The Kier molecular flexibility index (Phi) is 10.1. The van der Waals surface area contributed by atoms with E-state index in [4.69, 9.17) is 23.7 Å². The van der Waals surface area contributed by atoms with Gasteiger partial charge in [-0.25, -0.2) is 0 Å². The highest BCUT2D eigenvalue weighted by atomic mass is 16.6. The molecule has 2 unspecified atom stereocenters. The van der Waals surface area contributed by atoms with Crippen molar-refractivity contribution >= 4 is 0 Å². The summed E-state index contributed by atoms with van der Waals surface area (Å²) < 4.78 is 32.1. The molecule has 0 saturated carbocycles. The van der Waals surface area contributed by atoms with Crippen LogP contribution in [0.15, 0.2) is 134 Å². The summed E-state index contributed by atoms with van der Waals surface area (Å²) in [4.78, 5) is 0. The van der Waals surface area contributed by atoms with Crippen LogP contribution in [0.2, 0.25) is 0 Å². The summed E-state index contributed by atoms with van der Waals surface area (Å²) in [5.74, 6) is 0.516. The predicted molar refractivity (Wildman–Crippen MR) is 155 cm³/mol. The third-order valence-electron chi connectivity index (χ3n) is 6.85. The van der Waals surface area contributed by atoms with Crippen molar-refractivity contribution in [1.29, 1.82) is 0 Å². The first kappa shape index (κ1) is 27.8. The SMILES string of the molecule is C=C1OC(COCc2ccccc2)[C@@H](OCc2ccccc2)C(OCc2ccccc2)[C@@H]1OCc1ccccc1. The fourth-order valence-corrected chi connectivity index (χ4v) is 4.76. The molecule has 0 spiro atoms. The van der Waals surface area contributed by atoms with Crippen LogP contribution in [0.25, 0.3) is 0 Å². The highest BCUT2D eigenvalue weighted by Crippen LogP contribution is 2.32. The van der Waals surface area contributed by atoms with Gasteiger partial charge in [0.15, 0.2) is 6.10 Å². The second kappa shape index (κ2) is 14.6. The van der Waals surface area contributed by atoms with Gasteiger partial charge in [0.05, 0.1) is 33.0 Å². The molecule has 1 saturated heterocycles. The molecule has 1 heterocycles. The quantitative estimate of drug-likeness (QED) is 0.187. The summed E-state index contributed by atoms with van der Waals surface area (Å²) in [6.07, 6.45) is -1.85. The molecule has 1 aliphatic heterocycles. The normalized spacial score (nSPS) is 20.6. The van der Waals surface area contributed by atoms with Gasteiger partial charge in [-0.2, -0.15) is 0 Å². The molecule has 4 aromatic rings. The van der Waals surface area contributed by atoms with Crippen LogP contribution >= 0.6 is 0 Å². The summed E-state index contributed by atoms with van der Waals surface area (Å²) in [6.45, 7) is 6.26. The number of benzene rings is 4. The molecular weight excluding hydrogens is 500 g/mol. The van der Waals surface area contributed by atoms with Crippen LogP contribution in [0.5, 0.6) is 0 Å². The summed E-state index contributed by atoms with van der Waals surface area (Å²) >= 11 is 0. The van der Waals surface area contributed by atoms with E-state index in [2.05, 4.69) is 6.58 Å². The number of hydrogen-bond acceptors (Lipinski definition) is 5. The standard InChI is InChI=1S/C35H36O5/c1-27-33(37-23-29-16-8-3-9-17-29)35(39-25-31-20-12-5-13-21-31)34(38-24-30-18-10-4-11-19-30)32(40-27)26-36-22-28-14-6-2-7-15-28/h2-21,32-35H,1,22-26H2/t32?,33-,34-,35?/m1/s1. The molecule has 0 bridgehead atoms. The van der Waals surface area contributed by atoms with E-state index in [-0.39, 0.29) is 0 Å². The Morgan fingerprint density at radius 3 is 1.38 bits per heavy atom. The highest BCUT2D eigenvalue weighted by molar-refractivity contribution is 5.17. The largest absolute Gasteiger partial charge is 0.487 e. The lowest BCUT2D eigenvalue weighted by molar-refractivity contribution is -0.223. The van der Waals surface area contributed by atoms with Crippen molar-refractivity contribution in [3.63, 3.8) is 0 Å². The second-order valence-corrected chi connectivity index (χ2v) is 9.86. The minimum absolute atomic E-state index is 0.323. The first-order valence-corrected chi connectivity index (χ1v) is 13.7. The van der Waals surface area contributed by atoms with Crippen LogP contribution in [0.4, 0.5) is 0 Å². The fraction of sp³-hybridized carbons (Fsp3) is 0.257. The highest BCUT2D eigenvalue weighted by Gasteiger charge is 2.46. The zero-order valence-electron chi connectivity index (χ0n) is 22.6. The van der Waals surface area contributed by atoms with E-state index in [1.807, 2.05) is 121 Å². The van der Waals surface area contributed by atoms with Crippen LogP contribution in [0.1, 0.15) is 22.3 Å². The smallest absolute Gasteiger partial charge is 0.150 e. The van der Waals surface area contributed by atoms with Crippen LogP contribution in [0.3, 0.4) is 0 Å². The Bertz CT molecular complexity index is 1280. The first-order valence-electron chi connectivity index (χ1n) is 13.7.